The quantitative estimate of drug-likeness (QED) is 0.253. The molecule has 0 unspecified atom stereocenters. The molecule has 1 aliphatic rings. The molecule has 2 aromatic heterocycles. The highest BCUT2D eigenvalue weighted by Gasteiger charge is 2.42. The van der Waals surface area contributed by atoms with Gasteiger partial charge >= 0.3 is 0 Å². The highest BCUT2D eigenvalue weighted by atomic mass is 32.1. The Kier molecular flexibility index (Phi) is 6.10. The summed E-state index contributed by atoms with van der Waals surface area (Å²) in [6.07, 6.45) is 4.07. The van der Waals surface area contributed by atoms with Gasteiger partial charge in [0, 0.05) is 29.5 Å². The molecule has 0 bridgehead atoms. The van der Waals surface area contributed by atoms with Crippen LogP contribution in [-0.4, -0.2) is 20.8 Å². The van der Waals surface area contributed by atoms with Gasteiger partial charge in [0.15, 0.2) is 5.11 Å². The van der Waals surface area contributed by atoms with E-state index < -0.39 is 0 Å². The van der Waals surface area contributed by atoms with Crippen molar-refractivity contribution in [3.63, 3.8) is 0 Å². The van der Waals surface area contributed by atoms with Gasteiger partial charge in [-0.1, -0.05) is 36.4 Å². The lowest BCUT2D eigenvalue weighted by molar-refractivity contribution is 0.242. The van der Waals surface area contributed by atoms with Crippen LogP contribution >= 0.6 is 12.2 Å². The fourth-order valence-electron chi connectivity index (χ4n) is 5.09. The van der Waals surface area contributed by atoms with Gasteiger partial charge in [0.05, 0.1) is 17.8 Å². The van der Waals surface area contributed by atoms with Crippen LogP contribution in [-0.2, 0) is 0 Å². The first kappa shape index (κ1) is 23.3. The van der Waals surface area contributed by atoms with Crippen LogP contribution in [0.4, 0.5) is 5.69 Å². The average molecular weight is 505 g/mol. The lowest BCUT2D eigenvalue weighted by Crippen LogP contribution is -2.30. The normalized spacial score (nSPS) is 17.4. The number of benzene rings is 3. The minimum absolute atomic E-state index is 0.110. The summed E-state index contributed by atoms with van der Waals surface area (Å²) < 4.78 is 8.14. The molecule has 0 saturated carbocycles. The second kappa shape index (κ2) is 9.71. The van der Waals surface area contributed by atoms with Gasteiger partial charge < -0.3 is 19.5 Å². The van der Waals surface area contributed by atoms with Crippen molar-refractivity contribution in [1.29, 1.82) is 0 Å². The van der Waals surface area contributed by atoms with Crippen LogP contribution < -0.4 is 15.0 Å². The summed E-state index contributed by atoms with van der Waals surface area (Å²) in [5.74, 6) is 0.842. The Morgan fingerprint density at radius 3 is 2.35 bits per heavy atom. The minimum Gasteiger partial charge on any atom is -0.491 e. The number of nitrogens with zero attached hydrogens (tertiary/aromatic N) is 3. The molecule has 0 aliphatic carbocycles. The Balaban J connectivity index is 1.46. The maximum absolute atomic E-state index is 5.92. The van der Waals surface area contributed by atoms with E-state index in [-0.39, 0.29) is 18.2 Å². The highest BCUT2D eigenvalue weighted by molar-refractivity contribution is 7.80. The fraction of sp³-hybridized carbons (Fsp3) is 0.161. The van der Waals surface area contributed by atoms with Crippen molar-refractivity contribution in [2.45, 2.75) is 32.0 Å². The van der Waals surface area contributed by atoms with Crippen molar-refractivity contribution < 1.29 is 4.74 Å². The van der Waals surface area contributed by atoms with Gasteiger partial charge in [-0.25, -0.2) is 0 Å². The molecular weight excluding hydrogens is 476 g/mol. The molecule has 5 nitrogen and oxygen atoms in total. The molecule has 6 rings (SSSR count). The number of hydrogen-bond acceptors (Lipinski definition) is 3. The monoisotopic (exact) mass is 504 g/mol. The smallest absolute Gasteiger partial charge is 0.174 e. The zero-order valence-electron chi connectivity index (χ0n) is 20.8. The molecule has 0 radical (unpaired) electrons. The number of nitrogens with one attached hydrogen (secondary N) is 1. The maximum Gasteiger partial charge on any atom is 0.174 e. The van der Waals surface area contributed by atoms with Gasteiger partial charge in [-0.05, 0) is 97.5 Å². The van der Waals surface area contributed by atoms with Crippen molar-refractivity contribution in [3.05, 3.63) is 121 Å². The Morgan fingerprint density at radius 2 is 1.59 bits per heavy atom. The molecule has 1 aliphatic heterocycles. The minimum atomic E-state index is -0.116. The van der Waals surface area contributed by atoms with Crippen LogP contribution in [0, 0.1) is 0 Å². The number of pyridine rings is 1. The summed E-state index contributed by atoms with van der Waals surface area (Å²) in [6.45, 7) is 4.06. The van der Waals surface area contributed by atoms with Gasteiger partial charge in [0.2, 0.25) is 0 Å². The number of anilines is 1. The van der Waals surface area contributed by atoms with Crippen molar-refractivity contribution >= 4 is 33.8 Å². The van der Waals surface area contributed by atoms with E-state index in [1.165, 1.54) is 10.8 Å². The SMILES string of the molecule is CC(C)Oc1ccc(N2C(=S)N[C@H](c3ccccn3)[C@@H]2c2cccn2-c2ccc3ccccc3c2)cc1. The second-order valence-corrected chi connectivity index (χ2v) is 9.88. The van der Waals surface area contributed by atoms with Gasteiger partial charge in [-0.15, -0.1) is 0 Å². The lowest BCUT2D eigenvalue weighted by atomic mass is 10.0. The van der Waals surface area contributed by atoms with E-state index in [4.69, 9.17) is 21.9 Å². The predicted octanol–water partition coefficient (Wildman–Crippen LogP) is 6.99. The number of hydrogen-bond donors (Lipinski definition) is 1. The molecule has 37 heavy (non-hydrogen) atoms. The second-order valence-electron chi connectivity index (χ2n) is 9.49. The van der Waals surface area contributed by atoms with Crippen LogP contribution in [0.5, 0.6) is 5.75 Å². The van der Waals surface area contributed by atoms with E-state index in [2.05, 4.69) is 93.8 Å². The molecule has 5 aromatic rings. The molecule has 1 N–H and O–H groups in total. The van der Waals surface area contributed by atoms with Crippen molar-refractivity contribution in [3.8, 4) is 11.4 Å². The number of thiocarbonyl (C=S) groups is 1. The van der Waals surface area contributed by atoms with E-state index in [1.54, 1.807) is 0 Å². The maximum atomic E-state index is 5.92. The summed E-state index contributed by atoms with van der Waals surface area (Å²) in [5, 5.41) is 6.66. The zero-order chi connectivity index (χ0) is 25.4. The number of ether oxygens (including phenoxy) is 1. The van der Waals surface area contributed by atoms with E-state index in [9.17, 15) is 0 Å². The topological polar surface area (TPSA) is 42.3 Å². The Bertz CT molecular complexity index is 1540. The van der Waals surface area contributed by atoms with Crippen LogP contribution in [0.1, 0.15) is 37.3 Å². The largest absolute Gasteiger partial charge is 0.491 e. The van der Waals surface area contributed by atoms with Gasteiger partial charge in [-0.2, -0.15) is 0 Å². The molecule has 0 spiro atoms. The average Bonchev–Trinajstić information content (AvgIpc) is 3.53. The summed E-state index contributed by atoms with van der Waals surface area (Å²) >= 11 is 5.92. The van der Waals surface area contributed by atoms with Gasteiger partial charge in [0.1, 0.15) is 11.8 Å². The van der Waals surface area contributed by atoms with Crippen LogP contribution in [0.3, 0.4) is 0 Å². The van der Waals surface area contributed by atoms with Crippen LogP contribution in [0.25, 0.3) is 16.5 Å². The lowest BCUT2D eigenvalue weighted by Gasteiger charge is -2.29. The third kappa shape index (κ3) is 4.45. The van der Waals surface area contributed by atoms with Crippen LogP contribution in [0.15, 0.2) is 109 Å². The molecule has 6 heteroatoms. The highest BCUT2D eigenvalue weighted by Crippen LogP contribution is 2.42. The number of fused-ring (bicyclic) bond motifs is 1. The van der Waals surface area contributed by atoms with Gasteiger partial charge in [-0.3, -0.25) is 4.98 Å². The summed E-state index contributed by atoms with van der Waals surface area (Å²) in [7, 11) is 0. The van der Waals surface area contributed by atoms with Crippen molar-refractivity contribution in [2.75, 3.05) is 4.90 Å². The molecule has 0 amide bonds. The molecular formula is C31H28N4OS. The summed E-state index contributed by atoms with van der Waals surface area (Å²) in [6, 6.07) is 33.2. The standard InChI is InChI=1S/C31H28N4OS/c1-21(2)36-26-16-14-24(15-17-26)35-30(29(33-31(35)37)27-10-5-6-18-32-27)28-11-7-19-34(28)25-13-12-22-8-3-4-9-23(22)20-25/h3-21,29-30H,1-2H3,(H,33,37)/t29-,30+/m1/s1. The Hall–Kier alpha value is -4.16. The third-order valence-corrected chi connectivity index (χ3v) is 6.99. The van der Waals surface area contributed by atoms with Crippen molar-refractivity contribution in [2.24, 2.45) is 0 Å². The summed E-state index contributed by atoms with van der Waals surface area (Å²) in [5.41, 5.74) is 4.18. The Labute approximate surface area is 222 Å². The van der Waals surface area contributed by atoms with Crippen LogP contribution in [0.2, 0.25) is 0 Å². The molecule has 1 fully saturated rings. The van der Waals surface area contributed by atoms with Gasteiger partial charge in [0.25, 0.3) is 0 Å². The third-order valence-electron chi connectivity index (χ3n) is 6.68. The predicted molar refractivity (Wildman–Crippen MR) is 153 cm³/mol. The first-order valence-electron chi connectivity index (χ1n) is 12.5. The molecule has 3 heterocycles. The van der Waals surface area contributed by atoms with E-state index in [1.807, 2.05) is 44.3 Å². The number of rotatable bonds is 6. The Morgan fingerprint density at radius 1 is 0.838 bits per heavy atom. The molecule has 184 valence electrons. The molecule has 1 saturated heterocycles. The van der Waals surface area contributed by atoms with E-state index in [0.29, 0.717) is 5.11 Å². The van der Waals surface area contributed by atoms with Crippen molar-refractivity contribution in [1.82, 2.24) is 14.9 Å². The first-order valence-corrected chi connectivity index (χ1v) is 12.9. The van der Waals surface area contributed by atoms with E-state index in [0.717, 1.165) is 28.5 Å². The first-order chi connectivity index (χ1) is 18.1. The molecule has 3 aromatic carbocycles. The zero-order valence-corrected chi connectivity index (χ0v) is 21.6. The number of aromatic nitrogens is 2. The summed E-state index contributed by atoms with van der Waals surface area (Å²) in [4.78, 5) is 6.89. The van der Waals surface area contributed by atoms with E-state index >= 15 is 0 Å². The molecule has 2 atom stereocenters. The fourth-order valence-corrected chi connectivity index (χ4v) is 5.43.